The Kier molecular flexibility index (Phi) is 4.60. The Morgan fingerprint density at radius 2 is 2.00 bits per heavy atom. The third kappa shape index (κ3) is 3.09. The van der Waals surface area contributed by atoms with Crippen LogP contribution in [0.15, 0.2) is 30.3 Å². The number of halogens is 2. The van der Waals surface area contributed by atoms with Crippen molar-refractivity contribution < 1.29 is 9.53 Å². The van der Waals surface area contributed by atoms with Crippen LogP contribution in [0, 0.1) is 17.3 Å². The quantitative estimate of drug-likeness (QED) is 0.716. The SMILES string of the molecule is CCOC(=O)C1C(C=C(Br)c2ccc(Cl)cc2)C1(C)C. The van der Waals surface area contributed by atoms with Gasteiger partial charge in [-0.25, -0.2) is 0 Å². The number of esters is 1. The highest BCUT2D eigenvalue weighted by Crippen LogP contribution is 2.60. The van der Waals surface area contributed by atoms with Crippen molar-refractivity contribution in [1.29, 1.82) is 0 Å². The molecule has 0 spiro atoms. The Balaban J connectivity index is 2.14. The van der Waals surface area contributed by atoms with Crippen molar-refractivity contribution in [2.45, 2.75) is 20.8 Å². The van der Waals surface area contributed by atoms with Crippen LogP contribution >= 0.6 is 27.5 Å². The van der Waals surface area contributed by atoms with Crippen LogP contribution in [0.1, 0.15) is 26.3 Å². The summed E-state index contributed by atoms with van der Waals surface area (Å²) in [6.07, 6.45) is 2.10. The van der Waals surface area contributed by atoms with Gasteiger partial charge in [-0.2, -0.15) is 0 Å². The predicted molar refractivity (Wildman–Crippen MR) is 85.8 cm³/mol. The molecule has 1 aromatic carbocycles. The number of hydrogen-bond donors (Lipinski definition) is 0. The lowest BCUT2D eigenvalue weighted by Gasteiger charge is -2.01. The van der Waals surface area contributed by atoms with Gasteiger partial charge in [0.1, 0.15) is 0 Å². The van der Waals surface area contributed by atoms with Crippen molar-refractivity contribution in [3.8, 4) is 0 Å². The molecule has 0 aromatic heterocycles. The largest absolute Gasteiger partial charge is 0.466 e. The molecule has 20 heavy (non-hydrogen) atoms. The average molecular weight is 358 g/mol. The molecule has 108 valence electrons. The molecule has 4 heteroatoms. The third-order valence-electron chi connectivity index (χ3n) is 3.90. The van der Waals surface area contributed by atoms with Gasteiger partial charge in [0.15, 0.2) is 0 Å². The van der Waals surface area contributed by atoms with E-state index in [9.17, 15) is 4.79 Å². The zero-order chi connectivity index (χ0) is 14.9. The summed E-state index contributed by atoms with van der Waals surface area (Å²) >= 11 is 9.47. The highest BCUT2D eigenvalue weighted by molar-refractivity contribution is 9.15. The second-order valence-corrected chi connectivity index (χ2v) is 6.89. The number of allylic oxidation sites excluding steroid dienone is 1. The fourth-order valence-corrected chi connectivity index (χ4v) is 3.21. The first-order valence-electron chi connectivity index (χ1n) is 6.67. The summed E-state index contributed by atoms with van der Waals surface area (Å²) in [7, 11) is 0. The Morgan fingerprint density at radius 1 is 1.40 bits per heavy atom. The maximum atomic E-state index is 11.9. The van der Waals surface area contributed by atoms with Crippen molar-refractivity contribution in [1.82, 2.24) is 0 Å². The first kappa shape index (κ1) is 15.6. The summed E-state index contributed by atoms with van der Waals surface area (Å²) in [6, 6.07) is 7.62. The number of benzene rings is 1. The van der Waals surface area contributed by atoms with Crippen LogP contribution in [-0.4, -0.2) is 12.6 Å². The molecule has 0 N–H and O–H groups in total. The summed E-state index contributed by atoms with van der Waals surface area (Å²) in [5, 5.41) is 0.713. The van der Waals surface area contributed by atoms with E-state index in [0.717, 1.165) is 10.0 Å². The van der Waals surface area contributed by atoms with Crippen molar-refractivity contribution in [2.75, 3.05) is 6.61 Å². The van der Waals surface area contributed by atoms with Gasteiger partial charge in [-0.1, -0.05) is 59.6 Å². The number of rotatable bonds is 4. The standard InChI is InChI=1S/C16H18BrClO2/c1-4-20-15(19)14-12(16(14,2)3)9-13(17)10-5-7-11(18)8-6-10/h5-9,12,14H,4H2,1-3H3. The zero-order valence-electron chi connectivity index (χ0n) is 11.8. The van der Waals surface area contributed by atoms with Crippen LogP contribution in [0.4, 0.5) is 0 Å². The van der Waals surface area contributed by atoms with Gasteiger partial charge >= 0.3 is 5.97 Å². The molecule has 1 aromatic rings. The van der Waals surface area contributed by atoms with E-state index >= 15 is 0 Å². The average Bonchev–Trinajstić information content (AvgIpc) is 2.92. The third-order valence-corrected chi connectivity index (χ3v) is 4.87. The highest BCUT2D eigenvalue weighted by atomic mass is 79.9. The monoisotopic (exact) mass is 356 g/mol. The molecule has 2 unspecified atom stereocenters. The van der Waals surface area contributed by atoms with Crippen LogP contribution in [0.5, 0.6) is 0 Å². The molecule has 2 rings (SSSR count). The topological polar surface area (TPSA) is 26.3 Å². The van der Waals surface area contributed by atoms with Crippen molar-refractivity contribution in [3.63, 3.8) is 0 Å². The number of carbonyl (C=O) groups excluding carboxylic acids is 1. The molecule has 1 aliphatic carbocycles. The van der Waals surface area contributed by atoms with Gasteiger partial charge in [0.2, 0.25) is 0 Å². The molecule has 1 fully saturated rings. The van der Waals surface area contributed by atoms with E-state index in [1.54, 1.807) is 0 Å². The van der Waals surface area contributed by atoms with Gasteiger partial charge in [0.05, 0.1) is 12.5 Å². The Hall–Kier alpha value is -0.800. The number of ether oxygens (including phenoxy) is 1. The highest BCUT2D eigenvalue weighted by Gasteiger charge is 2.61. The van der Waals surface area contributed by atoms with Gasteiger partial charge in [0, 0.05) is 9.51 Å². The van der Waals surface area contributed by atoms with Crippen LogP contribution < -0.4 is 0 Å². The number of hydrogen-bond acceptors (Lipinski definition) is 2. The minimum atomic E-state index is -0.102. The molecule has 1 aliphatic rings. The smallest absolute Gasteiger partial charge is 0.310 e. The van der Waals surface area contributed by atoms with Crippen LogP contribution in [0.25, 0.3) is 4.48 Å². The summed E-state index contributed by atoms with van der Waals surface area (Å²) in [5.41, 5.74) is 1.01. The molecule has 0 saturated heterocycles. The molecule has 0 bridgehead atoms. The van der Waals surface area contributed by atoms with Gasteiger partial charge in [-0.05, 0) is 36.0 Å². The van der Waals surface area contributed by atoms with Gasteiger partial charge in [0.25, 0.3) is 0 Å². The predicted octanol–water partition coefficient (Wildman–Crippen LogP) is 4.91. The van der Waals surface area contributed by atoms with Crippen LogP contribution in [0.3, 0.4) is 0 Å². The molecule has 2 nitrogen and oxygen atoms in total. The molecule has 0 aliphatic heterocycles. The Labute approximate surface area is 133 Å². The minimum Gasteiger partial charge on any atom is -0.466 e. The second kappa shape index (κ2) is 5.90. The fourth-order valence-electron chi connectivity index (χ4n) is 2.53. The van der Waals surface area contributed by atoms with Crippen LogP contribution in [-0.2, 0) is 9.53 Å². The first-order chi connectivity index (χ1) is 9.37. The minimum absolute atomic E-state index is 0.0439. The summed E-state index contributed by atoms with van der Waals surface area (Å²) < 4.78 is 6.12. The van der Waals surface area contributed by atoms with E-state index in [-0.39, 0.29) is 23.2 Å². The summed E-state index contributed by atoms with van der Waals surface area (Å²) in [4.78, 5) is 11.9. The van der Waals surface area contributed by atoms with Crippen molar-refractivity contribution in [2.24, 2.45) is 17.3 Å². The van der Waals surface area contributed by atoms with Crippen LogP contribution in [0.2, 0.25) is 5.02 Å². The van der Waals surface area contributed by atoms with E-state index in [0.29, 0.717) is 11.6 Å². The lowest BCUT2D eigenvalue weighted by Crippen LogP contribution is -2.10. The molecule has 0 amide bonds. The second-order valence-electron chi connectivity index (χ2n) is 5.60. The maximum Gasteiger partial charge on any atom is 0.310 e. The van der Waals surface area contributed by atoms with E-state index < -0.39 is 0 Å². The van der Waals surface area contributed by atoms with Gasteiger partial charge < -0.3 is 4.74 Å². The van der Waals surface area contributed by atoms with E-state index in [1.807, 2.05) is 31.2 Å². The molecule has 1 saturated carbocycles. The lowest BCUT2D eigenvalue weighted by atomic mass is 10.1. The Bertz CT molecular complexity index is 534. The first-order valence-corrected chi connectivity index (χ1v) is 7.85. The normalized spacial score (nSPS) is 24.4. The Morgan fingerprint density at radius 3 is 2.55 bits per heavy atom. The van der Waals surface area contributed by atoms with Gasteiger partial charge in [-0.15, -0.1) is 0 Å². The van der Waals surface area contributed by atoms with Gasteiger partial charge in [-0.3, -0.25) is 4.79 Å². The van der Waals surface area contributed by atoms with E-state index in [4.69, 9.17) is 16.3 Å². The fraction of sp³-hybridized carbons (Fsp3) is 0.438. The maximum absolute atomic E-state index is 11.9. The molecule has 0 radical (unpaired) electrons. The van der Waals surface area contributed by atoms with E-state index in [2.05, 4.69) is 35.9 Å². The van der Waals surface area contributed by atoms with Crippen molar-refractivity contribution in [3.05, 3.63) is 40.9 Å². The summed E-state index contributed by atoms with van der Waals surface area (Å²) in [6.45, 7) is 6.46. The number of carbonyl (C=O) groups is 1. The molecule has 0 heterocycles. The summed E-state index contributed by atoms with van der Waals surface area (Å²) in [5.74, 6) is 0.0454. The molecular weight excluding hydrogens is 340 g/mol. The molecular formula is C16H18BrClO2. The zero-order valence-corrected chi connectivity index (χ0v) is 14.2. The lowest BCUT2D eigenvalue weighted by molar-refractivity contribution is -0.145. The molecule has 2 atom stereocenters. The van der Waals surface area contributed by atoms with E-state index in [1.165, 1.54) is 0 Å². The van der Waals surface area contributed by atoms with Crippen molar-refractivity contribution >= 4 is 38.0 Å².